The van der Waals surface area contributed by atoms with Crippen LogP contribution in [0.5, 0.6) is 5.75 Å². The van der Waals surface area contributed by atoms with E-state index in [4.69, 9.17) is 16.3 Å². The van der Waals surface area contributed by atoms with Gasteiger partial charge < -0.3 is 10.1 Å². The summed E-state index contributed by atoms with van der Waals surface area (Å²) in [5.74, 6) is -0.750. The van der Waals surface area contributed by atoms with Crippen molar-refractivity contribution in [1.82, 2.24) is 5.32 Å². The van der Waals surface area contributed by atoms with Crippen molar-refractivity contribution in [2.75, 3.05) is 14.2 Å². The highest BCUT2D eigenvalue weighted by Gasteiger charge is 2.18. The molecule has 1 atom stereocenters. The van der Waals surface area contributed by atoms with E-state index in [0.717, 1.165) is 0 Å². The minimum atomic E-state index is -0.456. The molecule has 5 heteroatoms. The summed E-state index contributed by atoms with van der Waals surface area (Å²) in [7, 11) is 3.09. The molecule has 2 aromatic carbocycles. The molecule has 0 aromatic heterocycles. The van der Waals surface area contributed by atoms with Crippen molar-refractivity contribution < 1.29 is 13.5 Å². The largest absolute Gasteiger partial charge is 0.494 e. The Hall–Kier alpha value is -1.65. The van der Waals surface area contributed by atoms with Crippen LogP contribution in [0, 0.1) is 11.6 Å². The summed E-state index contributed by atoms with van der Waals surface area (Å²) in [6.45, 7) is 0. The number of hydrogen-bond donors (Lipinski definition) is 1. The standard InChI is InChI=1S/C15H14ClF2NO/c1-19-15(11-5-4-10(16)8-13(11)18)9-3-6-12(17)14(7-9)20-2/h3-8,15,19H,1-2H3. The van der Waals surface area contributed by atoms with Gasteiger partial charge in [0.25, 0.3) is 0 Å². The van der Waals surface area contributed by atoms with E-state index in [-0.39, 0.29) is 5.75 Å². The van der Waals surface area contributed by atoms with Gasteiger partial charge in [-0.1, -0.05) is 23.7 Å². The molecular weight excluding hydrogens is 284 g/mol. The van der Waals surface area contributed by atoms with E-state index in [1.807, 2.05) is 0 Å². The fourth-order valence-electron chi connectivity index (χ4n) is 2.09. The van der Waals surface area contributed by atoms with Crippen molar-refractivity contribution in [3.05, 3.63) is 64.2 Å². The molecule has 2 rings (SSSR count). The van der Waals surface area contributed by atoms with E-state index in [0.29, 0.717) is 16.1 Å². The lowest BCUT2D eigenvalue weighted by Gasteiger charge is -2.19. The van der Waals surface area contributed by atoms with Gasteiger partial charge in [-0.2, -0.15) is 0 Å². The lowest BCUT2D eigenvalue weighted by atomic mass is 9.98. The zero-order valence-corrected chi connectivity index (χ0v) is 11.8. The number of ether oxygens (including phenoxy) is 1. The Morgan fingerprint density at radius 2 is 1.85 bits per heavy atom. The number of rotatable bonds is 4. The van der Waals surface area contributed by atoms with E-state index in [2.05, 4.69) is 5.32 Å². The van der Waals surface area contributed by atoms with Crippen molar-refractivity contribution in [2.24, 2.45) is 0 Å². The van der Waals surface area contributed by atoms with Crippen LogP contribution in [-0.2, 0) is 0 Å². The van der Waals surface area contributed by atoms with E-state index < -0.39 is 17.7 Å². The minimum Gasteiger partial charge on any atom is -0.494 e. The van der Waals surface area contributed by atoms with Crippen LogP contribution >= 0.6 is 11.6 Å². The van der Waals surface area contributed by atoms with Crippen molar-refractivity contribution in [3.8, 4) is 5.75 Å². The normalized spacial score (nSPS) is 12.2. The topological polar surface area (TPSA) is 21.3 Å². The molecule has 0 heterocycles. The van der Waals surface area contributed by atoms with Crippen LogP contribution < -0.4 is 10.1 Å². The second-order valence-electron chi connectivity index (χ2n) is 4.28. The third-order valence-electron chi connectivity index (χ3n) is 3.07. The molecule has 0 saturated carbocycles. The summed E-state index contributed by atoms with van der Waals surface area (Å²) in [5.41, 5.74) is 1.14. The summed E-state index contributed by atoms with van der Waals surface area (Å²) >= 11 is 5.75. The predicted molar refractivity (Wildman–Crippen MR) is 75.3 cm³/mol. The van der Waals surface area contributed by atoms with Crippen LogP contribution in [0.3, 0.4) is 0 Å². The van der Waals surface area contributed by atoms with E-state index in [1.165, 1.54) is 19.2 Å². The van der Waals surface area contributed by atoms with Crippen molar-refractivity contribution in [2.45, 2.75) is 6.04 Å². The fraction of sp³-hybridized carbons (Fsp3) is 0.200. The van der Waals surface area contributed by atoms with E-state index in [1.54, 1.807) is 31.3 Å². The molecule has 1 unspecified atom stereocenters. The Bertz CT molecular complexity index is 619. The maximum absolute atomic E-state index is 14.0. The smallest absolute Gasteiger partial charge is 0.165 e. The average Bonchev–Trinajstić information content (AvgIpc) is 2.43. The molecular formula is C15H14ClF2NO. The van der Waals surface area contributed by atoms with Gasteiger partial charge in [-0.25, -0.2) is 8.78 Å². The lowest BCUT2D eigenvalue weighted by molar-refractivity contribution is 0.385. The van der Waals surface area contributed by atoms with Gasteiger partial charge >= 0.3 is 0 Å². The molecule has 0 fully saturated rings. The molecule has 0 aliphatic heterocycles. The Morgan fingerprint density at radius 3 is 2.45 bits per heavy atom. The van der Waals surface area contributed by atoms with Crippen LogP contribution in [0.1, 0.15) is 17.2 Å². The monoisotopic (exact) mass is 297 g/mol. The molecule has 1 N–H and O–H groups in total. The van der Waals surface area contributed by atoms with Gasteiger partial charge in [0.2, 0.25) is 0 Å². The van der Waals surface area contributed by atoms with E-state index in [9.17, 15) is 8.78 Å². The zero-order valence-electron chi connectivity index (χ0n) is 11.1. The highest BCUT2D eigenvalue weighted by atomic mass is 35.5. The Balaban J connectivity index is 2.46. The minimum absolute atomic E-state index is 0.122. The first-order chi connectivity index (χ1) is 9.56. The molecule has 2 nitrogen and oxygen atoms in total. The molecule has 0 bridgehead atoms. The maximum Gasteiger partial charge on any atom is 0.165 e. The molecule has 0 radical (unpaired) electrons. The zero-order chi connectivity index (χ0) is 14.7. The molecule has 0 amide bonds. The second-order valence-corrected chi connectivity index (χ2v) is 4.72. The van der Waals surface area contributed by atoms with Crippen molar-refractivity contribution in [3.63, 3.8) is 0 Å². The maximum atomic E-state index is 14.0. The van der Waals surface area contributed by atoms with Gasteiger partial charge in [0.05, 0.1) is 13.2 Å². The first-order valence-corrected chi connectivity index (χ1v) is 6.40. The van der Waals surface area contributed by atoms with Crippen LogP contribution in [-0.4, -0.2) is 14.2 Å². The number of hydrogen-bond acceptors (Lipinski definition) is 2. The Labute approximate surface area is 121 Å². The van der Waals surface area contributed by atoms with Crippen LogP contribution in [0.15, 0.2) is 36.4 Å². The van der Waals surface area contributed by atoms with Crippen molar-refractivity contribution in [1.29, 1.82) is 0 Å². The highest BCUT2D eigenvalue weighted by molar-refractivity contribution is 6.30. The van der Waals surface area contributed by atoms with Gasteiger partial charge in [-0.3, -0.25) is 0 Å². The summed E-state index contributed by atoms with van der Waals surface area (Å²) in [6.07, 6.45) is 0. The summed E-state index contributed by atoms with van der Waals surface area (Å²) < 4.78 is 32.4. The molecule has 0 aliphatic carbocycles. The predicted octanol–water partition coefficient (Wildman–Crippen LogP) is 3.94. The number of nitrogens with one attached hydrogen (secondary N) is 1. The van der Waals surface area contributed by atoms with Crippen LogP contribution in [0.2, 0.25) is 5.02 Å². The lowest BCUT2D eigenvalue weighted by Crippen LogP contribution is -2.19. The number of methoxy groups -OCH3 is 1. The average molecular weight is 298 g/mol. The van der Waals surface area contributed by atoms with Crippen LogP contribution in [0.4, 0.5) is 8.78 Å². The first-order valence-electron chi connectivity index (χ1n) is 6.02. The molecule has 106 valence electrons. The van der Waals surface area contributed by atoms with Gasteiger partial charge in [0.1, 0.15) is 5.82 Å². The third kappa shape index (κ3) is 2.92. The van der Waals surface area contributed by atoms with Gasteiger partial charge in [0, 0.05) is 10.6 Å². The summed E-state index contributed by atoms with van der Waals surface area (Å²) in [6, 6.07) is 8.49. The highest BCUT2D eigenvalue weighted by Crippen LogP contribution is 2.29. The molecule has 0 spiro atoms. The SMILES string of the molecule is CNC(c1ccc(F)c(OC)c1)c1ccc(Cl)cc1F. The number of benzene rings is 2. The van der Waals surface area contributed by atoms with Gasteiger partial charge in [-0.05, 0) is 36.9 Å². The second kappa shape index (κ2) is 6.20. The molecule has 0 saturated heterocycles. The number of halogens is 3. The molecule has 2 aromatic rings. The van der Waals surface area contributed by atoms with Gasteiger partial charge in [-0.15, -0.1) is 0 Å². The molecule has 20 heavy (non-hydrogen) atoms. The first kappa shape index (κ1) is 14.8. The molecule has 0 aliphatic rings. The van der Waals surface area contributed by atoms with Crippen LogP contribution in [0.25, 0.3) is 0 Å². The third-order valence-corrected chi connectivity index (χ3v) is 3.31. The Morgan fingerprint density at radius 1 is 1.10 bits per heavy atom. The quantitative estimate of drug-likeness (QED) is 0.923. The van der Waals surface area contributed by atoms with E-state index >= 15 is 0 Å². The van der Waals surface area contributed by atoms with Crippen molar-refractivity contribution >= 4 is 11.6 Å². The summed E-state index contributed by atoms with van der Waals surface area (Å²) in [5, 5.41) is 3.34. The fourth-order valence-corrected chi connectivity index (χ4v) is 2.25. The Kier molecular flexibility index (Phi) is 4.57. The summed E-state index contributed by atoms with van der Waals surface area (Å²) in [4.78, 5) is 0. The van der Waals surface area contributed by atoms with Gasteiger partial charge in [0.15, 0.2) is 11.6 Å².